The van der Waals surface area contributed by atoms with Crippen molar-refractivity contribution >= 4 is 5.91 Å². The molecule has 0 saturated heterocycles. The Bertz CT molecular complexity index is 280. The van der Waals surface area contributed by atoms with Crippen molar-refractivity contribution in [2.45, 2.75) is 18.9 Å². The highest BCUT2D eigenvalue weighted by atomic mass is 16.3. The fourth-order valence-corrected chi connectivity index (χ4v) is 1.14. The summed E-state index contributed by atoms with van der Waals surface area (Å²) in [5.74, 6) is 0.536. The van der Waals surface area contributed by atoms with Gasteiger partial charge in [0.25, 0.3) is 0 Å². The van der Waals surface area contributed by atoms with Gasteiger partial charge in [-0.25, -0.2) is 0 Å². The predicted molar refractivity (Wildman–Crippen MR) is 53.1 cm³/mol. The molecule has 0 aliphatic carbocycles. The maximum absolute atomic E-state index is 11.3. The van der Waals surface area contributed by atoms with Gasteiger partial charge in [-0.3, -0.25) is 4.79 Å². The average molecular weight is 213 g/mol. The first-order valence-corrected chi connectivity index (χ1v) is 4.79. The Morgan fingerprint density at radius 1 is 1.47 bits per heavy atom. The second-order valence-corrected chi connectivity index (χ2v) is 3.21. The van der Waals surface area contributed by atoms with Crippen LogP contribution >= 0.6 is 0 Å². The zero-order valence-corrected chi connectivity index (χ0v) is 8.35. The maximum Gasteiger partial charge on any atom is 0.220 e. The number of carbonyl (C=O) groups is 1. The molecule has 84 valence electrons. The first-order chi connectivity index (χ1) is 7.26. The lowest BCUT2D eigenvalue weighted by Crippen LogP contribution is -2.40. The van der Waals surface area contributed by atoms with E-state index in [1.807, 2.05) is 0 Å². The Hall–Kier alpha value is -1.33. The largest absolute Gasteiger partial charge is 0.469 e. The topological polar surface area (TPSA) is 82.7 Å². The summed E-state index contributed by atoms with van der Waals surface area (Å²) >= 11 is 0. The molecule has 1 heterocycles. The van der Waals surface area contributed by atoms with Gasteiger partial charge in [-0.2, -0.15) is 0 Å². The average Bonchev–Trinajstić information content (AvgIpc) is 2.75. The summed E-state index contributed by atoms with van der Waals surface area (Å²) in [5.41, 5.74) is 0. The summed E-state index contributed by atoms with van der Waals surface area (Å²) in [5, 5.41) is 20.0. The molecule has 1 rings (SSSR count). The Morgan fingerprint density at radius 2 is 2.20 bits per heavy atom. The summed E-state index contributed by atoms with van der Waals surface area (Å²) in [6.07, 6.45) is 2.35. The van der Waals surface area contributed by atoms with Crippen LogP contribution in [-0.4, -0.2) is 35.4 Å². The van der Waals surface area contributed by atoms with Crippen molar-refractivity contribution in [3.63, 3.8) is 0 Å². The zero-order chi connectivity index (χ0) is 11.1. The number of hydrogen-bond acceptors (Lipinski definition) is 4. The van der Waals surface area contributed by atoms with E-state index in [0.717, 1.165) is 5.76 Å². The molecule has 0 aliphatic heterocycles. The van der Waals surface area contributed by atoms with Gasteiger partial charge in [-0.15, -0.1) is 0 Å². The maximum atomic E-state index is 11.3. The molecule has 1 aromatic rings. The molecule has 0 atom stereocenters. The monoisotopic (exact) mass is 213 g/mol. The Morgan fingerprint density at radius 3 is 2.73 bits per heavy atom. The van der Waals surface area contributed by atoms with Crippen molar-refractivity contribution in [1.29, 1.82) is 0 Å². The van der Waals surface area contributed by atoms with Crippen LogP contribution in [0.3, 0.4) is 0 Å². The number of amides is 1. The smallest absolute Gasteiger partial charge is 0.220 e. The molecule has 15 heavy (non-hydrogen) atoms. The lowest BCUT2D eigenvalue weighted by Gasteiger charge is -2.12. The number of furan rings is 1. The van der Waals surface area contributed by atoms with Gasteiger partial charge < -0.3 is 19.9 Å². The molecule has 1 aromatic heterocycles. The van der Waals surface area contributed by atoms with Gasteiger partial charge in [0, 0.05) is 12.8 Å². The number of rotatable bonds is 6. The van der Waals surface area contributed by atoms with Gasteiger partial charge in [0.15, 0.2) is 0 Å². The number of hydrogen-bond donors (Lipinski definition) is 3. The molecule has 5 nitrogen and oxygen atoms in total. The van der Waals surface area contributed by atoms with Crippen LogP contribution in [0.4, 0.5) is 0 Å². The number of nitrogens with one attached hydrogen (secondary N) is 1. The predicted octanol–water partition coefficient (Wildman–Crippen LogP) is -0.318. The van der Waals surface area contributed by atoms with E-state index in [2.05, 4.69) is 5.32 Å². The zero-order valence-electron chi connectivity index (χ0n) is 8.35. The second-order valence-electron chi connectivity index (χ2n) is 3.21. The fourth-order valence-electron chi connectivity index (χ4n) is 1.14. The van der Waals surface area contributed by atoms with E-state index in [4.69, 9.17) is 14.6 Å². The van der Waals surface area contributed by atoms with Crippen molar-refractivity contribution in [1.82, 2.24) is 5.32 Å². The molecule has 0 radical (unpaired) electrons. The Labute approximate surface area is 87.7 Å². The van der Waals surface area contributed by atoms with Crippen molar-refractivity contribution in [2.75, 3.05) is 13.2 Å². The normalized spacial score (nSPS) is 10.6. The summed E-state index contributed by atoms with van der Waals surface area (Å²) in [7, 11) is 0. The Balaban J connectivity index is 2.24. The van der Waals surface area contributed by atoms with Gasteiger partial charge in [0.1, 0.15) is 5.76 Å². The van der Waals surface area contributed by atoms with E-state index < -0.39 is 6.04 Å². The first kappa shape index (κ1) is 11.7. The van der Waals surface area contributed by atoms with Crippen LogP contribution in [0, 0.1) is 0 Å². The van der Waals surface area contributed by atoms with Gasteiger partial charge in [-0.1, -0.05) is 0 Å². The fraction of sp³-hybridized carbons (Fsp3) is 0.500. The van der Waals surface area contributed by atoms with Crippen molar-refractivity contribution < 1.29 is 19.4 Å². The van der Waals surface area contributed by atoms with E-state index in [0.29, 0.717) is 6.42 Å². The molecule has 5 heteroatoms. The molecule has 0 aromatic carbocycles. The Kier molecular flexibility index (Phi) is 4.86. The van der Waals surface area contributed by atoms with Crippen LogP contribution in [0.1, 0.15) is 12.2 Å². The van der Waals surface area contributed by atoms with E-state index >= 15 is 0 Å². The van der Waals surface area contributed by atoms with E-state index in [-0.39, 0.29) is 25.5 Å². The van der Waals surface area contributed by atoms with Crippen LogP contribution in [-0.2, 0) is 11.2 Å². The van der Waals surface area contributed by atoms with Crippen molar-refractivity contribution in [3.8, 4) is 0 Å². The van der Waals surface area contributed by atoms with Crippen LogP contribution in [0.2, 0.25) is 0 Å². The molecular formula is C10H15NO4. The van der Waals surface area contributed by atoms with Gasteiger partial charge >= 0.3 is 0 Å². The van der Waals surface area contributed by atoms with Crippen LogP contribution in [0.25, 0.3) is 0 Å². The highest BCUT2D eigenvalue weighted by Gasteiger charge is 2.10. The standard InChI is InChI=1S/C10H15NO4/c12-6-8(7-13)11-10(14)4-3-9-2-1-5-15-9/h1-2,5,8,12-13H,3-4,6-7H2,(H,11,14). The van der Waals surface area contributed by atoms with Crippen molar-refractivity contribution in [2.24, 2.45) is 0 Å². The van der Waals surface area contributed by atoms with E-state index in [1.54, 1.807) is 18.4 Å². The van der Waals surface area contributed by atoms with E-state index in [1.165, 1.54) is 0 Å². The number of aliphatic hydroxyl groups is 2. The van der Waals surface area contributed by atoms with E-state index in [9.17, 15) is 4.79 Å². The quantitative estimate of drug-likeness (QED) is 0.605. The SMILES string of the molecule is O=C(CCc1ccco1)NC(CO)CO. The third kappa shape index (κ3) is 4.14. The van der Waals surface area contributed by atoms with Crippen LogP contribution < -0.4 is 5.32 Å². The minimum atomic E-state index is -0.575. The molecule has 1 amide bonds. The second kappa shape index (κ2) is 6.21. The molecular weight excluding hydrogens is 198 g/mol. The highest BCUT2D eigenvalue weighted by molar-refractivity contribution is 5.76. The van der Waals surface area contributed by atoms with Gasteiger partial charge in [-0.05, 0) is 12.1 Å². The molecule has 0 saturated carbocycles. The van der Waals surface area contributed by atoms with Gasteiger partial charge in [0.05, 0.1) is 25.5 Å². The third-order valence-corrected chi connectivity index (χ3v) is 1.98. The number of aryl methyl sites for hydroxylation is 1. The lowest BCUT2D eigenvalue weighted by molar-refractivity contribution is -0.122. The first-order valence-electron chi connectivity index (χ1n) is 4.79. The third-order valence-electron chi connectivity index (χ3n) is 1.98. The summed E-state index contributed by atoms with van der Waals surface area (Å²) < 4.78 is 5.06. The molecule has 0 unspecified atom stereocenters. The molecule has 0 bridgehead atoms. The molecule has 0 spiro atoms. The molecule has 3 N–H and O–H groups in total. The highest BCUT2D eigenvalue weighted by Crippen LogP contribution is 2.03. The number of aliphatic hydroxyl groups excluding tert-OH is 2. The van der Waals surface area contributed by atoms with Gasteiger partial charge in [0.2, 0.25) is 5.91 Å². The summed E-state index contributed by atoms with van der Waals surface area (Å²) in [6, 6.07) is 2.98. The molecule has 0 fully saturated rings. The lowest BCUT2D eigenvalue weighted by atomic mass is 10.2. The summed E-state index contributed by atoms with van der Waals surface area (Å²) in [4.78, 5) is 11.3. The van der Waals surface area contributed by atoms with Crippen molar-refractivity contribution in [3.05, 3.63) is 24.2 Å². The minimum absolute atomic E-state index is 0.209. The van der Waals surface area contributed by atoms with Crippen LogP contribution in [0.5, 0.6) is 0 Å². The molecule has 0 aliphatic rings. The van der Waals surface area contributed by atoms with Crippen LogP contribution in [0.15, 0.2) is 22.8 Å². The minimum Gasteiger partial charge on any atom is -0.469 e. The number of carbonyl (C=O) groups excluding carboxylic acids is 1. The summed E-state index contributed by atoms with van der Waals surface area (Å²) in [6.45, 7) is -0.522.